The third-order valence-electron chi connectivity index (χ3n) is 2.77. The Bertz CT molecular complexity index is 690. The molecule has 0 unspecified atom stereocenters. The maximum Gasteiger partial charge on any atom is 0.148 e. The van der Waals surface area contributed by atoms with E-state index in [4.69, 9.17) is 21.6 Å². The second-order valence-corrected chi connectivity index (χ2v) is 6.91. The topological polar surface area (TPSA) is 33.0 Å². The summed E-state index contributed by atoms with van der Waals surface area (Å²) < 4.78 is 7.57. The maximum absolute atomic E-state index is 8.83. The minimum Gasteiger partial charge on any atom is -0.486 e. The first-order chi connectivity index (χ1) is 10.0. The molecule has 0 aliphatic rings. The standard InChI is InChI=1S/C15H9Br3ClNO/c16-6-10-3-12(17)15(13(18)4-10)21-8-11-2-1-9(7-20)5-14(11)19/h1-5H,6,8H2. The third kappa shape index (κ3) is 4.23. The summed E-state index contributed by atoms with van der Waals surface area (Å²) in [5, 5.41) is 10.1. The third-order valence-corrected chi connectivity index (χ3v) is 4.94. The van der Waals surface area contributed by atoms with E-state index in [1.54, 1.807) is 18.2 Å². The summed E-state index contributed by atoms with van der Waals surface area (Å²) in [5.74, 6) is 0.722. The van der Waals surface area contributed by atoms with Gasteiger partial charge in [-0.2, -0.15) is 5.26 Å². The van der Waals surface area contributed by atoms with Crippen molar-refractivity contribution >= 4 is 59.4 Å². The van der Waals surface area contributed by atoms with Gasteiger partial charge in [-0.05, 0) is 61.7 Å². The fourth-order valence-electron chi connectivity index (χ4n) is 1.71. The zero-order valence-corrected chi connectivity index (χ0v) is 16.2. The van der Waals surface area contributed by atoms with Gasteiger partial charge >= 0.3 is 0 Å². The molecule has 0 radical (unpaired) electrons. The van der Waals surface area contributed by atoms with E-state index in [0.29, 0.717) is 17.2 Å². The van der Waals surface area contributed by atoms with Crippen molar-refractivity contribution in [2.24, 2.45) is 0 Å². The monoisotopic (exact) mass is 491 g/mol. The Kier molecular flexibility index (Phi) is 6.12. The Labute approximate surface area is 153 Å². The van der Waals surface area contributed by atoms with Crippen molar-refractivity contribution in [1.82, 2.24) is 0 Å². The van der Waals surface area contributed by atoms with Gasteiger partial charge in [0.25, 0.3) is 0 Å². The van der Waals surface area contributed by atoms with Crippen LogP contribution < -0.4 is 4.74 Å². The number of nitrogens with zero attached hydrogens (tertiary/aromatic N) is 1. The predicted octanol–water partition coefficient (Wildman–Crippen LogP) is 6.21. The van der Waals surface area contributed by atoms with E-state index in [-0.39, 0.29) is 0 Å². The summed E-state index contributed by atoms with van der Waals surface area (Å²) in [6.07, 6.45) is 0. The van der Waals surface area contributed by atoms with Crippen LogP contribution in [0, 0.1) is 11.3 Å². The lowest BCUT2D eigenvalue weighted by atomic mass is 10.1. The number of rotatable bonds is 4. The number of ether oxygens (including phenoxy) is 1. The summed E-state index contributed by atoms with van der Waals surface area (Å²) in [6.45, 7) is 0.329. The van der Waals surface area contributed by atoms with Gasteiger partial charge in [-0.3, -0.25) is 0 Å². The molecular weight excluding hydrogens is 485 g/mol. The van der Waals surface area contributed by atoms with E-state index in [2.05, 4.69) is 53.9 Å². The second kappa shape index (κ2) is 7.64. The van der Waals surface area contributed by atoms with Crippen molar-refractivity contribution in [3.05, 3.63) is 61.0 Å². The Morgan fingerprint density at radius 2 is 1.81 bits per heavy atom. The minimum absolute atomic E-state index is 0.329. The van der Waals surface area contributed by atoms with Crippen LogP contribution in [0.4, 0.5) is 0 Å². The average molecular weight is 494 g/mol. The fraction of sp³-hybridized carbons (Fsp3) is 0.133. The van der Waals surface area contributed by atoms with Crippen LogP contribution in [0.3, 0.4) is 0 Å². The van der Waals surface area contributed by atoms with Crippen molar-refractivity contribution in [2.75, 3.05) is 0 Å². The Morgan fingerprint density at radius 3 is 2.33 bits per heavy atom. The maximum atomic E-state index is 8.83. The van der Waals surface area contributed by atoms with Crippen LogP contribution >= 0.6 is 59.4 Å². The van der Waals surface area contributed by atoms with Gasteiger partial charge < -0.3 is 4.74 Å². The number of benzene rings is 2. The number of halogens is 4. The van der Waals surface area contributed by atoms with Crippen molar-refractivity contribution in [3.63, 3.8) is 0 Å². The van der Waals surface area contributed by atoms with E-state index in [1.807, 2.05) is 12.1 Å². The quantitative estimate of drug-likeness (QED) is 0.474. The lowest BCUT2D eigenvalue weighted by Gasteiger charge is -2.12. The Morgan fingerprint density at radius 1 is 1.14 bits per heavy atom. The Balaban J connectivity index is 2.19. The summed E-state index contributed by atoms with van der Waals surface area (Å²) >= 11 is 16.6. The van der Waals surface area contributed by atoms with Crippen LogP contribution in [0.15, 0.2) is 39.3 Å². The van der Waals surface area contributed by atoms with Gasteiger partial charge in [0, 0.05) is 15.9 Å². The largest absolute Gasteiger partial charge is 0.486 e. The summed E-state index contributed by atoms with van der Waals surface area (Å²) in [5.41, 5.74) is 2.50. The second-order valence-electron chi connectivity index (χ2n) is 4.23. The van der Waals surface area contributed by atoms with E-state index in [9.17, 15) is 0 Å². The van der Waals surface area contributed by atoms with Gasteiger partial charge in [-0.1, -0.05) is 33.6 Å². The molecule has 0 fully saturated rings. The highest BCUT2D eigenvalue weighted by atomic mass is 79.9. The average Bonchev–Trinajstić information content (AvgIpc) is 2.47. The summed E-state index contributed by atoms with van der Waals surface area (Å²) in [4.78, 5) is 0. The van der Waals surface area contributed by atoms with Crippen LogP contribution in [0.25, 0.3) is 0 Å². The number of hydrogen-bond acceptors (Lipinski definition) is 2. The lowest BCUT2D eigenvalue weighted by Crippen LogP contribution is -1.98. The molecule has 2 rings (SSSR count). The van der Waals surface area contributed by atoms with E-state index < -0.39 is 0 Å². The molecule has 0 aliphatic carbocycles. The summed E-state index contributed by atoms with van der Waals surface area (Å²) in [7, 11) is 0. The van der Waals surface area contributed by atoms with Crippen molar-refractivity contribution in [2.45, 2.75) is 11.9 Å². The van der Waals surface area contributed by atoms with E-state index >= 15 is 0 Å². The number of alkyl halides is 1. The van der Waals surface area contributed by atoms with Crippen molar-refractivity contribution < 1.29 is 4.74 Å². The highest BCUT2D eigenvalue weighted by Crippen LogP contribution is 2.36. The zero-order chi connectivity index (χ0) is 15.4. The van der Waals surface area contributed by atoms with Gasteiger partial charge in [0.15, 0.2) is 0 Å². The molecule has 2 nitrogen and oxygen atoms in total. The van der Waals surface area contributed by atoms with Gasteiger partial charge in [0.1, 0.15) is 12.4 Å². The molecule has 6 heteroatoms. The smallest absolute Gasteiger partial charge is 0.148 e. The van der Waals surface area contributed by atoms with E-state index in [0.717, 1.165) is 31.2 Å². The van der Waals surface area contributed by atoms with E-state index in [1.165, 1.54) is 0 Å². The predicted molar refractivity (Wildman–Crippen MR) is 95.0 cm³/mol. The molecular formula is C15H9Br3ClNO. The van der Waals surface area contributed by atoms with Crippen LogP contribution in [0.1, 0.15) is 16.7 Å². The minimum atomic E-state index is 0.329. The van der Waals surface area contributed by atoms with Crippen LogP contribution in [0.5, 0.6) is 5.75 Å². The zero-order valence-electron chi connectivity index (χ0n) is 10.7. The lowest BCUT2D eigenvalue weighted by molar-refractivity contribution is 0.302. The van der Waals surface area contributed by atoms with Crippen molar-refractivity contribution in [1.29, 1.82) is 5.26 Å². The first-order valence-electron chi connectivity index (χ1n) is 5.90. The molecule has 0 N–H and O–H groups in total. The molecule has 21 heavy (non-hydrogen) atoms. The SMILES string of the molecule is N#Cc1ccc(COc2c(Br)cc(CBr)cc2Br)c(Cl)c1. The molecule has 2 aromatic rings. The fourth-order valence-corrected chi connectivity index (χ4v) is 3.78. The molecule has 2 aromatic carbocycles. The Hall–Kier alpha value is -0.540. The molecule has 108 valence electrons. The molecule has 0 amide bonds. The van der Waals surface area contributed by atoms with Crippen LogP contribution in [-0.4, -0.2) is 0 Å². The molecule has 0 saturated heterocycles. The highest BCUT2D eigenvalue weighted by Gasteiger charge is 2.10. The van der Waals surface area contributed by atoms with Crippen molar-refractivity contribution in [3.8, 4) is 11.8 Å². The molecule has 0 bridgehead atoms. The number of nitriles is 1. The molecule has 0 saturated carbocycles. The van der Waals surface area contributed by atoms with Crippen LogP contribution in [0.2, 0.25) is 5.02 Å². The highest BCUT2D eigenvalue weighted by molar-refractivity contribution is 9.11. The van der Waals surface area contributed by atoms with Gasteiger partial charge in [0.05, 0.1) is 20.6 Å². The molecule has 0 heterocycles. The van der Waals surface area contributed by atoms with Gasteiger partial charge in [-0.25, -0.2) is 0 Å². The normalized spacial score (nSPS) is 10.2. The molecule has 0 atom stereocenters. The van der Waals surface area contributed by atoms with Gasteiger partial charge in [-0.15, -0.1) is 0 Å². The molecule has 0 aromatic heterocycles. The van der Waals surface area contributed by atoms with Crippen LogP contribution in [-0.2, 0) is 11.9 Å². The van der Waals surface area contributed by atoms with Gasteiger partial charge in [0.2, 0.25) is 0 Å². The molecule has 0 aliphatic heterocycles. The first kappa shape index (κ1) is 16.8. The number of hydrogen-bond donors (Lipinski definition) is 0. The first-order valence-corrected chi connectivity index (χ1v) is 8.99. The molecule has 0 spiro atoms. The summed E-state index contributed by atoms with van der Waals surface area (Å²) in [6, 6.07) is 11.2.